The molecule has 0 radical (unpaired) electrons. The van der Waals surface area contributed by atoms with E-state index in [0.717, 1.165) is 22.2 Å². The lowest BCUT2D eigenvalue weighted by atomic mass is 10.1. The molecule has 0 saturated heterocycles. The number of nitro benzene ring substituents is 1. The third kappa shape index (κ3) is 2.98. The van der Waals surface area contributed by atoms with E-state index >= 15 is 0 Å². The van der Waals surface area contributed by atoms with Crippen molar-refractivity contribution in [2.24, 2.45) is 0 Å². The second-order valence-corrected chi connectivity index (χ2v) is 6.03. The second-order valence-electron chi connectivity index (χ2n) is 4.96. The monoisotopic (exact) mass is 326 g/mol. The number of hydrogen-bond acceptors (Lipinski definition) is 5. The van der Waals surface area contributed by atoms with Crippen molar-refractivity contribution in [2.45, 2.75) is 11.8 Å². The molecule has 0 aromatic heterocycles. The number of anilines is 1. The normalized spacial score (nSPS) is 14.8. The van der Waals surface area contributed by atoms with Crippen molar-refractivity contribution in [1.82, 2.24) is 0 Å². The fraction of sp³-hybridized carbons (Fsp3) is 0.118. The first-order chi connectivity index (χ1) is 11.1. The largest absolute Gasteiger partial charge is 0.335 e. The first kappa shape index (κ1) is 15.3. The standard InChI is InChI=1S/C17H14N2O3S/c1-2-18-14-5-3-4-6-16(14)23-17(18)11-15(20)12-7-9-13(10-8-12)19(21)22/h3-11H,2H2,1H3. The molecule has 0 saturated carbocycles. The fourth-order valence-electron chi connectivity index (χ4n) is 2.43. The molecule has 1 aliphatic rings. The molecule has 1 aliphatic heterocycles. The first-order valence-corrected chi connectivity index (χ1v) is 7.96. The van der Waals surface area contributed by atoms with Gasteiger partial charge >= 0.3 is 0 Å². The maximum absolute atomic E-state index is 12.4. The number of nitro groups is 1. The molecule has 23 heavy (non-hydrogen) atoms. The molecule has 0 aliphatic carbocycles. The van der Waals surface area contributed by atoms with Gasteiger partial charge in [-0.25, -0.2) is 0 Å². The number of carbonyl (C=O) groups excluding carboxylic acids is 1. The molecular formula is C17H14N2O3S. The summed E-state index contributed by atoms with van der Waals surface area (Å²) in [6, 6.07) is 13.7. The van der Waals surface area contributed by atoms with Crippen LogP contribution in [0.1, 0.15) is 17.3 Å². The number of nitrogens with zero attached hydrogens (tertiary/aromatic N) is 2. The Balaban J connectivity index is 1.87. The average molecular weight is 326 g/mol. The molecule has 0 fully saturated rings. The number of non-ortho nitro benzene ring substituents is 1. The van der Waals surface area contributed by atoms with Gasteiger partial charge in [-0.05, 0) is 31.2 Å². The van der Waals surface area contributed by atoms with E-state index in [2.05, 4.69) is 4.90 Å². The zero-order chi connectivity index (χ0) is 16.4. The van der Waals surface area contributed by atoms with Crippen LogP contribution < -0.4 is 4.90 Å². The molecule has 0 spiro atoms. The Morgan fingerprint density at radius 1 is 1.22 bits per heavy atom. The zero-order valence-corrected chi connectivity index (χ0v) is 13.2. The van der Waals surface area contributed by atoms with E-state index in [1.54, 1.807) is 17.8 Å². The highest BCUT2D eigenvalue weighted by molar-refractivity contribution is 8.03. The van der Waals surface area contributed by atoms with Gasteiger partial charge in [0.2, 0.25) is 0 Å². The van der Waals surface area contributed by atoms with Crippen molar-refractivity contribution in [3.05, 3.63) is 75.3 Å². The van der Waals surface area contributed by atoms with Gasteiger partial charge in [-0.3, -0.25) is 14.9 Å². The average Bonchev–Trinajstić information content (AvgIpc) is 2.91. The highest BCUT2D eigenvalue weighted by Crippen LogP contribution is 2.45. The van der Waals surface area contributed by atoms with E-state index in [1.165, 1.54) is 24.3 Å². The summed E-state index contributed by atoms with van der Waals surface area (Å²) in [4.78, 5) is 25.8. The molecule has 116 valence electrons. The Kier molecular flexibility index (Phi) is 4.16. The number of rotatable bonds is 4. The summed E-state index contributed by atoms with van der Waals surface area (Å²) >= 11 is 1.56. The smallest absolute Gasteiger partial charge is 0.269 e. The van der Waals surface area contributed by atoms with E-state index in [0.29, 0.717) is 5.56 Å². The number of carbonyl (C=O) groups is 1. The Bertz CT molecular complexity index is 800. The topological polar surface area (TPSA) is 63.5 Å². The van der Waals surface area contributed by atoms with Crippen molar-refractivity contribution in [2.75, 3.05) is 11.4 Å². The molecule has 0 unspecified atom stereocenters. The van der Waals surface area contributed by atoms with Gasteiger partial charge in [-0.1, -0.05) is 23.9 Å². The van der Waals surface area contributed by atoms with Crippen LogP contribution in [0.5, 0.6) is 0 Å². The molecule has 0 atom stereocenters. The summed E-state index contributed by atoms with van der Waals surface area (Å²) in [6.07, 6.45) is 1.59. The van der Waals surface area contributed by atoms with Crippen LogP contribution in [0.2, 0.25) is 0 Å². The van der Waals surface area contributed by atoms with Crippen molar-refractivity contribution in [3.63, 3.8) is 0 Å². The minimum Gasteiger partial charge on any atom is -0.335 e. The summed E-state index contributed by atoms with van der Waals surface area (Å²) in [5, 5.41) is 11.5. The van der Waals surface area contributed by atoms with Crippen molar-refractivity contribution in [1.29, 1.82) is 0 Å². The molecular weight excluding hydrogens is 312 g/mol. The van der Waals surface area contributed by atoms with Crippen LogP contribution in [-0.2, 0) is 0 Å². The van der Waals surface area contributed by atoms with Gasteiger partial charge in [0.15, 0.2) is 5.78 Å². The van der Waals surface area contributed by atoms with Crippen LogP contribution in [-0.4, -0.2) is 17.3 Å². The molecule has 2 aromatic carbocycles. The summed E-state index contributed by atoms with van der Waals surface area (Å²) in [6.45, 7) is 2.80. The lowest BCUT2D eigenvalue weighted by Gasteiger charge is -2.17. The maximum Gasteiger partial charge on any atom is 0.269 e. The van der Waals surface area contributed by atoms with Gasteiger partial charge in [0, 0.05) is 35.2 Å². The number of benzene rings is 2. The van der Waals surface area contributed by atoms with E-state index in [4.69, 9.17) is 0 Å². The first-order valence-electron chi connectivity index (χ1n) is 7.15. The summed E-state index contributed by atoms with van der Waals surface area (Å²) in [5.41, 5.74) is 1.52. The van der Waals surface area contributed by atoms with E-state index in [1.807, 2.05) is 31.2 Å². The molecule has 5 nitrogen and oxygen atoms in total. The third-order valence-electron chi connectivity index (χ3n) is 3.57. The van der Waals surface area contributed by atoms with E-state index in [-0.39, 0.29) is 11.5 Å². The van der Waals surface area contributed by atoms with Crippen molar-refractivity contribution < 1.29 is 9.72 Å². The van der Waals surface area contributed by atoms with Gasteiger partial charge in [0.25, 0.3) is 5.69 Å². The Morgan fingerprint density at radius 3 is 2.57 bits per heavy atom. The van der Waals surface area contributed by atoms with Gasteiger partial charge in [0.05, 0.1) is 15.6 Å². The fourth-order valence-corrected chi connectivity index (χ4v) is 3.59. The van der Waals surface area contributed by atoms with Crippen molar-refractivity contribution in [3.8, 4) is 0 Å². The summed E-state index contributed by atoms with van der Waals surface area (Å²) in [5.74, 6) is -0.159. The predicted octanol–water partition coefficient (Wildman–Crippen LogP) is 4.25. The zero-order valence-electron chi connectivity index (χ0n) is 12.4. The van der Waals surface area contributed by atoms with Crippen LogP contribution in [0.4, 0.5) is 11.4 Å². The highest BCUT2D eigenvalue weighted by atomic mass is 32.2. The van der Waals surface area contributed by atoms with Crippen molar-refractivity contribution >= 4 is 28.9 Å². The predicted molar refractivity (Wildman–Crippen MR) is 90.8 cm³/mol. The lowest BCUT2D eigenvalue weighted by molar-refractivity contribution is -0.384. The minimum absolute atomic E-state index is 0.0213. The molecule has 0 bridgehead atoms. The molecule has 3 rings (SSSR count). The molecule has 1 heterocycles. The maximum atomic E-state index is 12.4. The summed E-state index contributed by atoms with van der Waals surface area (Å²) in [7, 11) is 0. The van der Waals surface area contributed by atoms with Gasteiger partial charge in [-0.2, -0.15) is 0 Å². The van der Waals surface area contributed by atoms with Crippen LogP contribution in [0.15, 0.2) is 64.5 Å². The number of fused-ring (bicyclic) bond motifs is 1. The Labute approximate surface area is 137 Å². The van der Waals surface area contributed by atoms with Gasteiger partial charge in [-0.15, -0.1) is 0 Å². The third-order valence-corrected chi connectivity index (χ3v) is 4.68. The van der Waals surface area contributed by atoms with Gasteiger partial charge in [0.1, 0.15) is 0 Å². The quantitative estimate of drug-likeness (QED) is 0.364. The molecule has 6 heteroatoms. The molecule has 0 amide bonds. The number of thioether (sulfide) groups is 1. The summed E-state index contributed by atoms with van der Waals surface area (Å²) < 4.78 is 0. The second kappa shape index (κ2) is 6.26. The minimum atomic E-state index is -0.477. The lowest BCUT2D eigenvalue weighted by Crippen LogP contribution is -2.17. The van der Waals surface area contributed by atoms with Crippen LogP contribution in [0.3, 0.4) is 0 Å². The highest BCUT2D eigenvalue weighted by Gasteiger charge is 2.24. The van der Waals surface area contributed by atoms with Gasteiger partial charge < -0.3 is 4.90 Å². The van der Waals surface area contributed by atoms with Crippen LogP contribution in [0.25, 0.3) is 0 Å². The number of allylic oxidation sites excluding steroid dienone is 1. The Morgan fingerprint density at radius 2 is 1.91 bits per heavy atom. The number of ketones is 1. The molecule has 0 N–H and O–H groups in total. The SMILES string of the molecule is CCN1C(=CC(=O)c2ccc([N+](=O)[O-])cc2)Sc2ccccc21. The number of para-hydroxylation sites is 1. The Hall–Kier alpha value is -2.60. The molecule has 2 aromatic rings. The van der Waals surface area contributed by atoms with E-state index in [9.17, 15) is 14.9 Å². The van der Waals surface area contributed by atoms with E-state index < -0.39 is 4.92 Å². The van der Waals surface area contributed by atoms with Crippen LogP contribution >= 0.6 is 11.8 Å². The van der Waals surface area contributed by atoms with Crippen LogP contribution in [0, 0.1) is 10.1 Å². The number of hydrogen-bond donors (Lipinski definition) is 0.